The first-order valence-electron chi connectivity index (χ1n) is 7.98. The van der Waals surface area contributed by atoms with E-state index in [9.17, 15) is 4.79 Å². The van der Waals surface area contributed by atoms with Crippen LogP contribution in [0.15, 0.2) is 55.0 Å². The van der Waals surface area contributed by atoms with Crippen LogP contribution in [0.25, 0.3) is 5.82 Å². The van der Waals surface area contributed by atoms with E-state index >= 15 is 0 Å². The smallest absolute Gasteiger partial charge is 0.251 e. The number of carbonyl (C=O) groups is 1. The highest BCUT2D eigenvalue weighted by Gasteiger charge is 2.07. The predicted molar refractivity (Wildman–Crippen MR) is 101 cm³/mol. The first kappa shape index (κ1) is 17.2. The maximum Gasteiger partial charge on any atom is 0.251 e. The maximum absolute atomic E-state index is 12.3. The van der Waals surface area contributed by atoms with Crippen molar-refractivity contribution >= 4 is 17.7 Å². The monoisotopic (exact) mass is 352 g/mol. The summed E-state index contributed by atoms with van der Waals surface area (Å²) in [6, 6.07) is 11.6. The van der Waals surface area contributed by atoms with Crippen molar-refractivity contribution in [3.05, 3.63) is 77.5 Å². The Morgan fingerprint density at radius 3 is 2.60 bits per heavy atom. The first-order valence-corrected chi connectivity index (χ1v) is 9.38. The number of pyridine rings is 1. The Morgan fingerprint density at radius 2 is 1.92 bits per heavy atom. The molecule has 0 saturated heterocycles. The molecule has 0 spiro atoms. The van der Waals surface area contributed by atoms with E-state index in [1.54, 1.807) is 24.2 Å². The van der Waals surface area contributed by atoms with Gasteiger partial charge in [0.15, 0.2) is 0 Å². The van der Waals surface area contributed by atoms with E-state index in [1.807, 2.05) is 54.1 Å². The van der Waals surface area contributed by atoms with Gasteiger partial charge in [0, 0.05) is 36.5 Å². The van der Waals surface area contributed by atoms with Gasteiger partial charge in [-0.25, -0.2) is 9.97 Å². The molecule has 3 aromatic rings. The van der Waals surface area contributed by atoms with Crippen LogP contribution < -0.4 is 5.32 Å². The number of thioether (sulfide) groups is 1. The summed E-state index contributed by atoms with van der Waals surface area (Å²) in [6.07, 6.45) is 7.42. The van der Waals surface area contributed by atoms with Crippen molar-refractivity contribution < 1.29 is 4.79 Å². The summed E-state index contributed by atoms with van der Waals surface area (Å²) in [5.74, 6) is 2.55. The zero-order valence-electron chi connectivity index (χ0n) is 14.3. The van der Waals surface area contributed by atoms with E-state index < -0.39 is 0 Å². The van der Waals surface area contributed by atoms with Crippen LogP contribution in [0.3, 0.4) is 0 Å². The van der Waals surface area contributed by atoms with E-state index in [1.165, 1.54) is 5.56 Å². The lowest BCUT2D eigenvalue weighted by atomic mass is 10.1. The Hall–Kier alpha value is -2.60. The molecule has 5 nitrogen and oxygen atoms in total. The van der Waals surface area contributed by atoms with Gasteiger partial charge in [-0.1, -0.05) is 12.1 Å². The molecule has 128 valence electrons. The molecule has 0 aliphatic carbocycles. The molecule has 2 aromatic heterocycles. The van der Waals surface area contributed by atoms with Gasteiger partial charge in [-0.15, -0.1) is 0 Å². The van der Waals surface area contributed by atoms with Gasteiger partial charge >= 0.3 is 0 Å². The van der Waals surface area contributed by atoms with Gasteiger partial charge in [-0.05, 0) is 48.6 Å². The van der Waals surface area contributed by atoms with Crippen LogP contribution in [0.1, 0.15) is 27.3 Å². The molecule has 0 unspecified atom stereocenters. The lowest BCUT2D eigenvalue weighted by Gasteiger charge is -2.09. The van der Waals surface area contributed by atoms with Gasteiger partial charge in [0.2, 0.25) is 0 Å². The fraction of sp³-hybridized carbons (Fsp3) is 0.211. The number of hydrogen-bond acceptors (Lipinski definition) is 4. The summed E-state index contributed by atoms with van der Waals surface area (Å²) in [6.45, 7) is 2.38. The fourth-order valence-electron chi connectivity index (χ4n) is 2.53. The van der Waals surface area contributed by atoms with Gasteiger partial charge in [0.05, 0.1) is 0 Å². The number of nitrogens with one attached hydrogen (secondary N) is 1. The molecule has 25 heavy (non-hydrogen) atoms. The molecule has 0 saturated carbocycles. The van der Waals surface area contributed by atoms with E-state index in [0.717, 1.165) is 23.0 Å². The number of aryl methyl sites for hydroxylation is 1. The summed E-state index contributed by atoms with van der Waals surface area (Å²) in [5, 5.41) is 2.96. The molecule has 1 amide bonds. The van der Waals surface area contributed by atoms with Crippen LogP contribution in [0.2, 0.25) is 0 Å². The molecule has 2 heterocycles. The largest absolute Gasteiger partial charge is 0.348 e. The molecular weight excluding hydrogens is 332 g/mol. The normalized spacial score (nSPS) is 10.6. The molecule has 3 rings (SSSR count). The van der Waals surface area contributed by atoms with Gasteiger partial charge in [0.25, 0.3) is 5.91 Å². The molecule has 0 aliphatic rings. The van der Waals surface area contributed by atoms with Crippen LogP contribution in [-0.4, -0.2) is 26.7 Å². The number of benzene rings is 1. The van der Waals surface area contributed by atoms with E-state index in [-0.39, 0.29) is 5.91 Å². The highest BCUT2D eigenvalue weighted by molar-refractivity contribution is 7.97. The SMILES string of the molecule is CSCc1ccc(C(=O)NCc2ccnc(-n3ccnc3C)c2)cc1. The Kier molecular flexibility index (Phi) is 5.50. The summed E-state index contributed by atoms with van der Waals surface area (Å²) < 4.78 is 1.91. The zero-order valence-corrected chi connectivity index (χ0v) is 15.1. The molecule has 6 heteroatoms. The second kappa shape index (κ2) is 7.98. The highest BCUT2D eigenvalue weighted by Crippen LogP contribution is 2.12. The number of imidazole rings is 1. The molecule has 1 aromatic carbocycles. The third kappa shape index (κ3) is 4.28. The molecule has 0 radical (unpaired) electrons. The minimum atomic E-state index is -0.0760. The lowest BCUT2D eigenvalue weighted by molar-refractivity contribution is 0.0951. The Morgan fingerprint density at radius 1 is 1.12 bits per heavy atom. The van der Waals surface area contributed by atoms with Gasteiger partial charge < -0.3 is 5.32 Å². The Balaban J connectivity index is 1.65. The van der Waals surface area contributed by atoms with Crippen molar-refractivity contribution in [3.63, 3.8) is 0 Å². The van der Waals surface area contributed by atoms with Crippen LogP contribution >= 0.6 is 11.8 Å². The van der Waals surface area contributed by atoms with Crippen LogP contribution in [0.5, 0.6) is 0 Å². The molecular formula is C19H20N4OS. The van der Waals surface area contributed by atoms with Crippen molar-refractivity contribution in [2.24, 2.45) is 0 Å². The standard InChI is InChI=1S/C19H20N4OS/c1-14-20-9-10-23(14)18-11-16(7-8-21-18)12-22-19(24)17-5-3-15(4-6-17)13-25-2/h3-11H,12-13H2,1-2H3,(H,22,24). The lowest BCUT2D eigenvalue weighted by Crippen LogP contribution is -2.22. The molecule has 1 N–H and O–H groups in total. The third-order valence-corrected chi connectivity index (χ3v) is 4.48. The van der Waals surface area contributed by atoms with Crippen LogP contribution in [0, 0.1) is 6.92 Å². The Bertz CT molecular complexity index is 858. The minimum absolute atomic E-state index is 0.0760. The zero-order chi connectivity index (χ0) is 17.6. The average molecular weight is 352 g/mol. The van der Waals surface area contributed by atoms with Crippen molar-refractivity contribution in [1.29, 1.82) is 0 Å². The quantitative estimate of drug-likeness (QED) is 0.739. The first-order chi connectivity index (χ1) is 12.2. The van der Waals surface area contributed by atoms with Crippen LogP contribution in [0.4, 0.5) is 0 Å². The van der Waals surface area contributed by atoms with Gasteiger partial charge in [-0.3, -0.25) is 9.36 Å². The van der Waals surface area contributed by atoms with Gasteiger partial charge in [-0.2, -0.15) is 11.8 Å². The van der Waals surface area contributed by atoms with E-state index in [0.29, 0.717) is 12.1 Å². The summed E-state index contributed by atoms with van der Waals surface area (Å²) in [7, 11) is 0. The average Bonchev–Trinajstić information content (AvgIpc) is 3.07. The predicted octanol–water partition coefficient (Wildman–Crippen LogP) is 3.37. The fourth-order valence-corrected chi connectivity index (χ4v) is 3.05. The van der Waals surface area contributed by atoms with Crippen molar-refractivity contribution in [1.82, 2.24) is 19.9 Å². The molecule has 0 fully saturated rings. The van der Waals surface area contributed by atoms with Crippen LogP contribution in [-0.2, 0) is 12.3 Å². The van der Waals surface area contributed by atoms with Crippen molar-refractivity contribution in [2.45, 2.75) is 19.2 Å². The van der Waals surface area contributed by atoms with Crippen molar-refractivity contribution in [3.8, 4) is 5.82 Å². The molecule has 0 atom stereocenters. The summed E-state index contributed by atoms with van der Waals surface area (Å²) in [5.41, 5.74) is 2.88. The number of rotatable bonds is 6. The maximum atomic E-state index is 12.3. The second-order valence-corrected chi connectivity index (χ2v) is 6.55. The van der Waals surface area contributed by atoms with Gasteiger partial charge in [0.1, 0.15) is 11.6 Å². The summed E-state index contributed by atoms with van der Waals surface area (Å²) in [4.78, 5) is 20.9. The third-order valence-electron chi connectivity index (χ3n) is 3.86. The summed E-state index contributed by atoms with van der Waals surface area (Å²) >= 11 is 1.76. The minimum Gasteiger partial charge on any atom is -0.348 e. The Labute approximate surface area is 151 Å². The van der Waals surface area contributed by atoms with E-state index in [2.05, 4.69) is 21.5 Å². The topological polar surface area (TPSA) is 59.8 Å². The molecule has 0 bridgehead atoms. The van der Waals surface area contributed by atoms with Crippen molar-refractivity contribution in [2.75, 3.05) is 6.26 Å². The number of aromatic nitrogens is 3. The molecule has 0 aliphatic heterocycles. The second-order valence-electron chi connectivity index (χ2n) is 5.68. The number of nitrogens with zero attached hydrogens (tertiary/aromatic N) is 3. The number of hydrogen-bond donors (Lipinski definition) is 1. The number of carbonyl (C=O) groups excluding carboxylic acids is 1. The highest BCUT2D eigenvalue weighted by atomic mass is 32.2. The number of amides is 1. The van der Waals surface area contributed by atoms with E-state index in [4.69, 9.17) is 0 Å².